The minimum Gasteiger partial charge on any atom is -0.480 e. The number of aliphatic carboxylic acids is 1. The number of hydrogen-bond donors (Lipinski definition) is 1. The lowest BCUT2D eigenvalue weighted by molar-refractivity contribution is -0.385. The van der Waals surface area contributed by atoms with Crippen molar-refractivity contribution in [1.82, 2.24) is 4.98 Å². The third kappa shape index (κ3) is 4.27. The van der Waals surface area contributed by atoms with E-state index in [4.69, 9.17) is 9.29 Å². The summed E-state index contributed by atoms with van der Waals surface area (Å²) >= 11 is 1.31. The SMILES string of the molecule is Cc1cc(S(=O)(=O)Oc2ccc3nc(C4=N[C@@H](C(=O)O)CS4)ccc3c2)ccc1[N+](=O)[O-]. The van der Waals surface area contributed by atoms with Crippen molar-refractivity contribution >= 4 is 49.5 Å². The van der Waals surface area contributed by atoms with Crippen molar-refractivity contribution < 1.29 is 27.4 Å². The number of nitro benzene ring substituents is 1. The number of fused-ring (bicyclic) bond motifs is 1. The summed E-state index contributed by atoms with van der Waals surface area (Å²) in [5.41, 5.74) is 1.11. The van der Waals surface area contributed by atoms with Crippen LogP contribution in [0.25, 0.3) is 10.9 Å². The molecule has 1 aromatic heterocycles. The predicted octanol–water partition coefficient (Wildman–Crippen LogP) is 3.17. The van der Waals surface area contributed by atoms with Gasteiger partial charge in [0.15, 0.2) is 6.04 Å². The molecule has 1 atom stereocenters. The van der Waals surface area contributed by atoms with Gasteiger partial charge in [-0.1, -0.05) is 6.07 Å². The molecule has 1 N–H and O–H groups in total. The summed E-state index contributed by atoms with van der Waals surface area (Å²) < 4.78 is 30.4. The molecule has 12 heteroatoms. The highest BCUT2D eigenvalue weighted by atomic mass is 32.2. The molecule has 0 amide bonds. The molecule has 1 aliphatic heterocycles. The first kappa shape index (κ1) is 21.7. The molecule has 0 unspecified atom stereocenters. The molecular formula is C20H15N3O7S2. The average Bonchev–Trinajstić information content (AvgIpc) is 3.23. The number of carbonyl (C=O) groups is 1. The number of benzene rings is 2. The molecular weight excluding hydrogens is 458 g/mol. The van der Waals surface area contributed by atoms with Gasteiger partial charge < -0.3 is 9.29 Å². The van der Waals surface area contributed by atoms with E-state index >= 15 is 0 Å². The Balaban J connectivity index is 1.59. The molecule has 32 heavy (non-hydrogen) atoms. The molecule has 0 saturated heterocycles. The number of nitrogens with zero attached hydrogens (tertiary/aromatic N) is 3. The van der Waals surface area contributed by atoms with E-state index in [-0.39, 0.29) is 21.9 Å². The van der Waals surface area contributed by atoms with Gasteiger partial charge in [0.2, 0.25) is 0 Å². The fraction of sp³-hybridized carbons (Fsp3) is 0.150. The van der Waals surface area contributed by atoms with Gasteiger partial charge in [-0.15, -0.1) is 11.8 Å². The summed E-state index contributed by atoms with van der Waals surface area (Å²) in [6.07, 6.45) is 0. The second kappa shape index (κ2) is 8.20. The highest BCUT2D eigenvalue weighted by Gasteiger charge is 2.26. The van der Waals surface area contributed by atoms with Gasteiger partial charge in [0.25, 0.3) is 5.69 Å². The smallest absolute Gasteiger partial charge is 0.339 e. The Kier molecular flexibility index (Phi) is 5.57. The van der Waals surface area contributed by atoms with Crippen molar-refractivity contribution in [1.29, 1.82) is 0 Å². The Morgan fingerprint density at radius 3 is 2.66 bits per heavy atom. The molecule has 0 saturated carbocycles. The van der Waals surface area contributed by atoms with Crippen LogP contribution in [-0.2, 0) is 14.9 Å². The van der Waals surface area contributed by atoms with Gasteiger partial charge in [0.05, 0.1) is 16.1 Å². The fourth-order valence-corrected chi connectivity index (χ4v) is 5.08. The first-order valence-electron chi connectivity index (χ1n) is 9.18. The standard InChI is InChI=1S/C20H15N3O7S2/c1-11-8-14(4-7-18(11)23(26)27)32(28,29)30-13-3-6-15-12(9-13)2-5-16(21-15)19-22-17(10-31-19)20(24)25/h2-9,17H,10H2,1H3,(H,24,25)/t17-/m1/s1. The number of rotatable bonds is 6. The van der Waals surface area contributed by atoms with Gasteiger partial charge in [0, 0.05) is 22.8 Å². The van der Waals surface area contributed by atoms with E-state index in [9.17, 15) is 23.3 Å². The van der Waals surface area contributed by atoms with E-state index in [0.29, 0.717) is 27.4 Å². The number of aliphatic imine (C=N–C) groups is 1. The lowest BCUT2D eigenvalue weighted by atomic mass is 10.2. The Labute approximate surface area is 186 Å². The topological polar surface area (TPSA) is 149 Å². The molecule has 4 rings (SSSR count). The van der Waals surface area contributed by atoms with Gasteiger partial charge in [-0.3, -0.25) is 15.1 Å². The molecule has 3 aromatic rings. The summed E-state index contributed by atoms with van der Waals surface area (Å²) in [6, 6.07) is 10.6. The molecule has 0 spiro atoms. The molecule has 1 aliphatic rings. The van der Waals surface area contributed by atoms with Crippen molar-refractivity contribution in [2.45, 2.75) is 17.9 Å². The molecule has 0 fully saturated rings. The number of aromatic nitrogens is 1. The fourth-order valence-electron chi connectivity index (χ4n) is 3.08. The maximum Gasteiger partial charge on any atom is 0.339 e. The van der Waals surface area contributed by atoms with Crippen molar-refractivity contribution in [3.8, 4) is 5.75 Å². The lowest BCUT2D eigenvalue weighted by Gasteiger charge is -2.09. The largest absolute Gasteiger partial charge is 0.480 e. The number of carboxylic acids is 1. The molecule has 10 nitrogen and oxygen atoms in total. The molecule has 0 radical (unpaired) electrons. The number of aryl methyl sites for hydroxylation is 1. The summed E-state index contributed by atoms with van der Waals surface area (Å²) in [5, 5.41) is 21.2. The quantitative estimate of drug-likeness (QED) is 0.323. The first-order chi connectivity index (χ1) is 15.1. The second-order valence-electron chi connectivity index (χ2n) is 6.89. The van der Waals surface area contributed by atoms with Crippen LogP contribution in [0.4, 0.5) is 5.69 Å². The maximum absolute atomic E-state index is 12.6. The summed E-state index contributed by atoms with van der Waals surface area (Å²) in [5.74, 6) is -0.585. The van der Waals surface area contributed by atoms with Crippen LogP contribution >= 0.6 is 11.8 Å². The van der Waals surface area contributed by atoms with Crippen LogP contribution in [0.2, 0.25) is 0 Å². The minimum absolute atomic E-state index is 0.0570. The summed E-state index contributed by atoms with van der Waals surface area (Å²) in [6.45, 7) is 1.45. The van der Waals surface area contributed by atoms with E-state index in [0.717, 1.165) is 12.1 Å². The van der Waals surface area contributed by atoms with E-state index < -0.39 is 27.1 Å². The van der Waals surface area contributed by atoms with Crippen LogP contribution in [0.5, 0.6) is 5.75 Å². The van der Waals surface area contributed by atoms with E-state index in [2.05, 4.69) is 9.98 Å². The average molecular weight is 473 g/mol. The third-order valence-corrected chi connectivity index (χ3v) is 6.99. The second-order valence-corrected chi connectivity index (χ2v) is 9.45. The number of hydrogen-bond acceptors (Lipinski definition) is 9. The van der Waals surface area contributed by atoms with Crippen molar-refractivity contribution in [3.05, 3.63) is 69.9 Å². The Morgan fingerprint density at radius 2 is 2.00 bits per heavy atom. The van der Waals surface area contributed by atoms with Gasteiger partial charge >= 0.3 is 16.1 Å². The van der Waals surface area contributed by atoms with Crippen LogP contribution in [0.15, 0.2) is 58.4 Å². The first-order valence-corrected chi connectivity index (χ1v) is 11.6. The van der Waals surface area contributed by atoms with Crippen LogP contribution in [0.3, 0.4) is 0 Å². The highest BCUT2D eigenvalue weighted by Crippen LogP contribution is 2.28. The predicted molar refractivity (Wildman–Crippen MR) is 118 cm³/mol. The maximum atomic E-state index is 12.6. The Hall–Kier alpha value is -3.51. The number of nitro groups is 1. The van der Waals surface area contributed by atoms with Crippen molar-refractivity contribution in [2.75, 3.05) is 5.75 Å². The molecule has 2 aromatic carbocycles. The zero-order valence-electron chi connectivity index (χ0n) is 16.5. The summed E-state index contributed by atoms with van der Waals surface area (Å²) in [7, 11) is -4.20. The van der Waals surface area contributed by atoms with Gasteiger partial charge in [-0.25, -0.2) is 9.78 Å². The monoisotopic (exact) mass is 473 g/mol. The van der Waals surface area contributed by atoms with E-state index in [1.54, 1.807) is 18.2 Å². The molecule has 0 aliphatic carbocycles. The zero-order chi connectivity index (χ0) is 23.0. The molecule has 2 heterocycles. The third-order valence-electron chi connectivity index (χ3n) is 4.68. The van der Waals surface area contributed by atoms with Crippen LogP contribution in [0, 0.1) is 17.0 Å². The van der Waals surface area contributed by atoms with Crippen molar-refractivity contribution in [3.63, 3.8) is 0 Å². The summed E-state index contributed by atoms with van der Waals surface area (Å²) in [4.78, 5) is 29.9. The normalized spacial score (nSPS) is 16.0. The van der Waals surface area contributed by atoms with E-state index in [1.807, 2.05) is 0 Å². The lowest BCUT2D eigenvalue weighted by Crippen LogP contribution is -2.17. The van der Waals surface area contributed by atoms with Gasteiger partial charge in [0.1, 0.15) is 15.7 Å². The van der Waals surface area contributed by atoms with Gasteiger partial charge in [-0.2, -0.15) is 8.42 Å². The zero-order valence-corrected chi connectivity index (χ0v) is 18.1. The number of thioether (sulfide) groups is 1. The number of pyridine rings is 1. The van der Waals surface area contributed by atoms with Crippen LogP contribution in [-0.4, -0.2) is 46.2 Å². The molecule has 164 valence electrons. The highest BCUT2D eigenvalue weighted by molar-refractivity contribution is 8.14. The van der Waals surface area contributed by atoms with Gasteiger partial charge in [-0.05, 0) is 43.3 Å². The van der Waals surface area contributed by atoms with Crippen LogP contribution < -0.4 is 4.18 Å². The number of carboxylic acid groups (broad SMARTS) is 1. The molecule has 0 bridgehead atoms. The van der Waals surface area contributed by atoms with Crippen LogP contribution in [0.1, 0.15) is 11.3 Å². The van der Waals surface area contributed by atoms with Crippen molar-refractivity contribution in [2.24, 2.45) is 4.99 Å². The van der Waals surface area contributed by atoms with E-state index in [1.165, 1.54) is 36.9 Å². The minimum atomic E-state index is -4.20. The Bertz CT molecular complexity index is 1400. The Morgan fingerprint density at radius 1 is 1.22 bits per heavy atom.